The lowest BCUT2D eigenvalue weighted by Gasteiger charge is -2.24. The molecule has 112 valence electrons. The Kier molecular flexibility index (Phi) is 5.74. The first-order chi connectivity index (χ1) is 9.27. The van der Waals surface area contributed by atoms with Crippen LogP contribution in [0.15, 0.2) is 0 Å². The van der Waals surface area contributed by atoms with Gasteiger partial charge in [-0.05, 0) is 6.92 Å². The van der Waals surface area contributed by atoms with Crippen LogP contribution in [0.5, 0.6) is 0 Å². The molecule has 6 heteroatoms. The second kappa shape index (κ2) is 6.88. The Balaban J connectivity index is 3.03. The highest BCUT2D eigenvalue weighted by Gasteiger charge is 2.19. The smallest absolute Gasteiger partial charge is 0.224 e. The molecule has 0 saturated carbocycles. The Morgan fingerprint density at radius 2 is 1.95 bits per heavy atom. The fraction of sp³-hybridized carbons (Fsp3) is 0.643. The predicted molar refractivity (Wildman–Crippen MR) is 82.4 cm³/mol. The minimum absolute atomic E-state index is 0.0127. The number of nitrogens with one attached hydrogen (secondary N) is 1. The van der Waals surface area contributed by atoms with Crippen molar-refractivity contribution in [2.75, 3.05) is 25.5 Å². The summed E-state index contributed by atoms with van der Waals surface area (Å²) in [6, 6.07) is 0. The van der Waals surface area contributed by atoms with Crippen molar-refractivity contribution < 1.29 is 4.79 Å². The zero-order valence-corrected chi connectivity index (χ0v) is 13.7. The molecule has 1 N–H and O–H groups in total. The highest BCUT2D eigenvalue weighted by Crippen LogP contribution is 2.25. The Morgan fingerprint density at radius 3 is 2.45 bits per heavy atom. The number of nitrogens with zero attached hydrogens (tertiary/aromatic N) is 3. The molecule has 1 heterocycles. The Hall–Kier alpha value is -1.36. The maximum Gasteiger partial charge on any atom is 0.224 e. The molecule has 0 spiro atoms. The van der Waals surface area contributed by atoms with Crippen molar-refractivity contribution in [3.05, 3.63) is 16.5 Å². The van der Waals surface area contributed by atoms with E-state index in [1.165, 1.54) is 0 Å². The lowest BCUT2D eigenvalue weighted by Crippen LogP contribution is -2.35. The summed E-state index contributed by atoms with van der Waals surface area (Å²) in [4.78, 5) is 22.4. The summed E-state index contributed by atoms with van der Waals surface area (Å²) in [5, 5.41) is 3.12. The summed E-state index contributed by atoms with van der Waals surface area (Å²) in [6.45, 7) is 8.40. The molecule has 0 fully saturated rings. The van der Waals surface area contributed by atoms with Crippen LogP contribution in [-0.4, -0.2) is 36.5 Å². The Bertz CT molecular complexity index is 490. The van der Waals surface area contributed by atoms with E-state index >= 15 is 0 Å². The summed E-state index contributed by atoms with van der Waals surface area (Å²) in [5.41, 5.74) is 0.836. The molecular formula is C14H23ClN4O. The van der Waals surface area contributed by atoms with Gasteiger partial charge in [-0.3, -0.25) is 4.79 Å². The van der Waals surface area contributed by atoms with Gasteiger partial charge in [0.05, 0.1) is 5.92 Å². The molecule has 0 aromatic carbocycles. The van der Waals surface area contributed by atoms with Crippen LogP contribution in [-0.2, 0) is 4.79 Å². The van der Waals surface area contributed by atoms with Gasteiger partial charge in [0.25, 0.3) is 0 Å². The lowest BCUT2D eigenvalue weighted by atomic mass is 10.1. The van der Waals surface area contributed by atoms with Crippen molar-refractivity contribution in [3.8, 4) is 0 Å². The van der Waals surface area contributed by atoms with E-state index in [4.69, 9.17) is 11.6 Å². The number of rotatable bonds is 5. The van der Waals surface area contributed by atoms with Crippen LogP contribution in [0.3, 0.4) is 0 Å². The fourth-order valence-corrected chi connectivity index (χ4v) is 2.12. The van der Waals surface area contributed by atoms with E-state index in [0.717, 1.165) is 17.2 Å². The molecule has 0 aliphatic carbocycles. The van der Waals surface area contributed by atoms with Gasteiger partial charge in [-0.25, -0.2) is 9.97 Å². The Morgan fingerprint density at radius 1 is 1.35 bits per heavy atom. The van der Waals surface area contributed by atoms with Gasteiger partial charge in [-0.15, -0.1) is 0 Å². The van der Waals surface area contributed by atoms with Crippen LogP contribution in [0.2, 0.25) is 5.15 Å². The third-order valence-corrected chi connectivity index (χ3v) is 3.57. The van der Waals surface area contributed by atoms with E-state index in [9.17, 15) is 4.79 Å². The average Bonchev–Trinajstić information content (AvgIpc) is 2.39. The normalized spacial score (nSPS) is 12.4. The van der Waals surface area contributed by atoms with Crippen LogP contribution >= 0.6 is 11.6 Å². The van der Waals surface area contributed by atoms with E-state index in [0.29, 0.717) is 11.7 Å². The topological polar surface area (TPSA) is 58.1 Å². The molecule has 1 amide bonds. The number of anilines is 1. The van der Waals surface area contributed by atoms with Crippen LogP contribution in [0.4, 0.5) is 5.82 Å². The van der Waals surface area contributed by atoms with Gasteiger partial charge in [0.1, 0.15) is 16.8 Å². The summed E-state index contributed by atoms with van der Waals surface area (Å²) >= 11 is 6.18. The molecule has 0 aliphatic heterocycles. The highest BCUT2D eigenvalue weighted by atomic mass is 35.5. The van der Waals surface area contributed by atoms with Gasteiger partial charge in [-0.2, -0.15) is 0 Å². The quantitative estimate of drug-likeness (QED) is 0.848. The third kappa shape index (κ3) is 3.82. The SMILES string of the molecule is CNC(=O)C(C)CN(C)c1nc(C(C)C)nc(Cl)c1C. The van der Waals surface area contributed by atoms with Gasteiger partial charge < -0.3 is 10.2 Å². The second-order valence-electron chi connectivity index (χ2n) is 5.37. The number of aromatic nitrogens is 2. The van der Waals surface area contributed by atoms with E-state index in [1.54, 1.807) is 7.05 Å². The molecule has 1 atom stereocenters. The standard InChI is InChI=1S/C14H23ClN4O/c1-8(2)12-17-11(15)10(4)13(18-12)19(6)7-9(3)14(20)16-5/h8-9H,7H2,1-6H3,(H,16,20). The van der Waals surface area contributed by atoms with E-state index in [2.05, 4.69) is 15.3 Å². The summed E-state index contributed by atoms with van der Waals surface area (Å²) in [5.74, 6) is 1.59. The molecule has 0 bridgehead atoms. The van der Waals surface area contributed by atoms with Gasteiger partial charge in [-0.1, -0.05) is 32.4 Å². The molecule has 0 radical (unpaired) electrons. The van der Waals surface area contributed by atoms with E-state index in [1.807, 2.05) is 39.6 Å². The Labute approximate surface area is 125 Å². The average molecular weight is 299 g/mol. The van der Waals surface area contributed by atoms with Crippen molar-refractivity contribution in [2.24, 2.45) is 5.92 Å². The number of hydrogen-bond donors (Lipinski definition) is 1. The molecule has 5 nitrogen and oxygen atoms in total. The molecule has 0 aliphatic rings. The number of hydrogen-bond acceptors (Lipinski definition) is 4. The van der Waals surface area contributed by atoms with Crippen LogP contribution in [0.1, 0.15) is 38.1 Å². The summed E-state index contributed by atoms with van der Waals surface area (Å²) in [7, 11) is 3.55. The summed E-state index contributed by atoms with van der Waals surface area (Å²) in [6.07, 6.45) is 0. The van der Waals surface area contributed by atoms with Crippen molar-refractivity contribution in [1.82, 2.24) is 15.3 Å². The first-order valence-corrected chi connectivity index (χ1v) is 7.12. The van der Waals surface area contributed by atoms with Crippen LogP contribution in [0.25, 0.3) is 0 Å². The van der Waals surface area contributed by atoms with E-state index in [-0.39, 0.29) is 17.7 Å². The molecule has 20 heavy (non-hydrogen) atoms. The maximum atomic E-state index is 11.6. The molecule has 1 unspecified atom stereocenters. The van der Waals surface area contributed by atoms with E-state index < -0.39 is 0 Å². The lowest BCUT2D eigenvalue weighted by molar-refractivity contribution is -0.123. The number of halogens is 1. The molecule has 0 saturated heterocycles. The van der Waals surface area contributed by atoms with Crippen LogP contribution < -0.4 is 10.2 Å². The zero-order chi connectivity index (χ0) is 15.4. The number of carbonyl (C=O) groups is 1. The molecule has 1 rings (SSSR count). The summed E-state index contributed by atoms with van der Waals surface area (Å²) < 4.78 is 0. The largest absolute Gasteiger partial charge is 0.359 e. The number of amides is 1. The maximum absolute atomic E-state index is 11.6. The minimum atomic E-state index is -0.124. The van der Waals surface area contributed by atoms with Crippen molar-refractivity contribution in [2.45, 2.75) is 33.6 Å². The first-order valence-electron chi connectivity index (χ1n) is 6.74. The fourth-order valence-electron chi connectivity index (χ4n) is 1.95. The van der Waals surface area contributed by atoms with Gasteiger partial charge in [0, 0.05) is 32.1 Å². The predicted octanol–water partition coefficient (Wildman–Crippen LogP) is 2.38. The van der Waals surface area contributed by atoms with Gasteiger partial charge >= 0.3 is 0 Å². The van der Waals surface area contributed by atoms with Crippen LogP contribution in [0, 0.1) is 12.8 Å². The second-order valence-corrected chi connectivity index (χ2v) is 5.73. The zero-order valence-electron chi connectivity index (χ0n) is 13.0. The van der Waals surface area contributed by atoms with Crippen molar-refractivity contribution >= 4 is 23.3 Å². The van der Waals surface area contributed by atoms with Gasteiger partial charge in [0.15, 0.2) is 0 Å². The minimum Gasteiger partial charge on any atom is -0.359 e. The van der Waals surface area contributed by atoms with Gasteiger partial charge in [0.2, 0.25) is 5.91 Å². The number of carbonyl (C=O) groups excluding carboxylic acids is 1. The molecule has 1 aromatic heterocycles. The molecular weight excluding hydrogens is 276 g/mol. The molecule has 1 aromatic rings. The van der Waals surface area contributed by atoms with Crippen molar-refractivity contribution in [1.29, 1.82) is 0 Å². The monoisotopic (exact) mass is 298 g/mol. The van der Waals surface area contributed by atoms with Crippen molar-refractivity contribution in [3.63, 3.8) is 0 Å². The highest BCUT2D eigenvalue weighted by molar-refractivity contribution is 6.30. The first kappa shape index (κ1) is 16.7. The third-order valence-electron chi connectivity index (χ3n) is 3.20.